The molecule has 1 heterocycles. The monoisotopic (exact) mass is 339 g/mol. The van der Waals surface area contributed by atoms with Crippen LogP contribution in [-0.2, 0) is 0 Å². The van der Waals surface area contributed by atoms with Crippen molar-refractivity contribution in [2.75, 3.05) is 5.32 Å². The molecular weight excluding hydrogens is 329 g/mol. The van der Waals surface area contributed by atoms with Crippen LogP contribution in [0.1, 0.15) is 18.5 Å². The summed E-state index contributed by atoms with van der Waals surface area (Å²) in [6.07, 6.45) is 1.45. The Labute approximate surface area is 123 Å². The smallest absolute Gasteiger partial charge is 0.312 e. The number of benzene rings is 1. The van der Waals surface area contributed by atoms with Gasteiger partial charge >= 0.3 is 5.69 Å². The van der Waals surface area contributed by atoms with Gasteiger partial charge in [-0.1, -0.05) is 18.2 Å². The van der Waals surface area contributed by atoms with Crippen LogP contribution < -0.4 is 5.32 Å². The van der Waals surface area contributed by atoms with E-state index in [0.29, 0.717) is 10.0 Å². The van der Waals surface area contributed by atoms with Gasteiger partial charge in [-0.05, 0) is 28.9 Å². The molecule has 0 radical (unpaired) electrons. The first-order chi connectivity index (χ1) is 9.49. The molecule has 1 atom stereocenters. The number of nitrogens with one attached hydrogen (secondary N) is 1. The van der Waals surface area contributed by atoms with Crippen LogP contribution in [0.4, 0.5) is 15.9 Å². The van der Waals surface area contributed by atoms with Crippen molar-refractivity contribution < 1.29 is 9.31 Å². The first kappa shape index (κ1) is 14.4. The van der Waals surface area contributed by atoms with Gasteiger partial charge in [0.05, 0.1) is 11.0 Å². The summed E-state index contributed by atoms with van der Waals surface area (Å²) in [5.41, 5.74) is 0.258. The molecule has 0 amide bonds. The molecule has 0 aliphatic rings. The van der Waals surface area contributed by atoms with Crippen LogP contribution in [0.2, 0.25) is 0 Å². The Balaban J connectivity index is 2.31. The molecule has 0 bridgehead atoms. The fourth-order valence-electron chi connectivity index (χ4n) is 1.79. The average Bonchev–Trinajstić information content (AvgIpc) is 2.41. The van der Waals surface area contributed by atoms with Gasteiger partial charge in [0.25, 0.3) is 0 Å². The van der Waals surface area contributed by atoms with Crippen LogP contribution in [0.5, 0.6) is 0 Å². The van der Waals surface area contributed by atoms with E-state index in [-0.39, 0.29) is 17.3 Å². The summed E-state index contributed by atoms with van der Waals surface area (Å²) in [5, 5.41) is 13.9. The van der Waals surface area contributed by atoms with Gasteiger partial charge in [-0.2, -0.15) is 0 Å². The Bertz CT molecular complexity index is 651. The van der Waals surface area contributed by atoms with E-state index in [2.05, 4.69) is 26.2 Å². The second-order valence-electron chi connectivity index (χ2n) is 4.17. The lowest BCUT2D eigenvalue weighted by Crippen LogP contribution is -2.11. The fourth-order valence-corrected chi connectivity index (χ4v) is 2.11. The van der Waals surface area contributed by atoms with Crippen molar-refractivity contribution in [3.05, 3.63) is 62.5 Å². The van der Waals surface area contributed by atoms with Gasteiger partial charge in [0.1, 0.15) is 5.82 Å². The zero-order valence-electron chi connectivity index (χ0n) is 10.5. The first-order valence-corrected chi connectivity index (χ1v) is 6.59. The molecule has 2 rings (SSSR count). The Morgan fingerprint density at radius 2 is 2.15 bits per heavy atom. The summed E-state index contributed by atoms with van der Waals surface area (Å²) in [4.78, 5) is 14.4. The topological polar surface area (TPSA) is 68.1 Å². The third-order valence-corrected chi connectivity index (χ3v) is 3.19. The molecule has 0 saturated carbocycles. The van der Waals surface area contributed by atoms with Crippen LogP contribution in [0.15, 0.2) is 41.0 Å². The summed E-state index contributed by atoms with van der Waals surface area (Å²) < 4.78 is 14.2. The van der Waals surface area contributed by atoms with Crippen molar-refractivity contribution in [3.63, 3.8) is 0 Å². The Morgan fingerprint density at radius 1 is 1.45 bits per heavy atom. The van der Waals surface area contributed by atoms with Gasteiger partial charge in [0.2, 0.25) is 5.82 Å². The number of anilines is 1. The van der Waals surface area contributed by atoms with Crippen molar-refractivity contribution in [2.24, 2.45) is 0 Å². The van der Waals surface area contributed by atoms with E-state index in [1.807, 2.05) is 0 Å². The summed E-state index contributed by atoms with van der Waals surface area (Å²) in [7, 11) is 0. The first-order valence-electron chi connectivity index (χ1n) is 5.80. The molecule has 1 aromatic carbocycles. The normalized spacial score (nSPS) is 11.9. The van der Waals surface area contributed by atoms with E-state index in [9.17, 15) is 14.5 Å². The lowest BCUT2D eigenvalue weighted by molar-refractivity contribution is -0.384. The Hall–Kier alpha value is -2.02. The molecule has 0 fully saturated rings. The second-order valence-corrected chi connectivity index (χ2v) is 5.08. The number of halogens is 2. The van der Waals surface area contributed by atoms with Crippen LogP contribution >= 0.6 is 15.9 Å². The molecule has 2 aromatic rings. The molecule has 7 heteroatoms. The minimum Gasteiger partial charge on any atom is -0.358 e. The van der Waals surface area contributed by atoms with Crippen LogP contribution in [0.25, 0.3) is 0 Å². The van der Waals surface area contributed by atoms with Crippen LogP contribution in [-0.4, -0.2) is 9.91 Å². The molecule has 0 aliphatic heterocycles. The zero-order chi connectivity index (χ0) is 14.7. The number of nitro groups is 1. The van der Waals surface area contributed by atoms with Crippen molar-refractivity contribution in [2.45, 2.75) is 13.0 Å². The molecule has 5 nitrogen and oxygen atoms in total. The number of nitrogens with zero attached hydrogens (tertiary/aromatic N) is 2. The predicted octanol–water partition coefficient (Wildman–Crippen LogP) is 4.06. The van der Waals surface area contributed by atoms with Gasteiger partial charge < -0.3 is 5.32 Å². The third-order valence-electron chi connectivity index (χ3n) is 2.76. The molecular formula is C13H11BrFN3O2. The molecule has 20 heavy (non-hydrogen) atoms. The Morgan fingerprint density at radius 3 is 2.80 bits per heavy atom. The quantitative estimate of drug-likeness (QED) is 0.673. The third kappa shape index (κ3) is 3.11. The molecule has 104 valence electrons. The average molecular weight is 340 g/mol. The largest absolute Gasteiger partial charge is 0.358 e. The standard InChI is InChI=1S/C13H11BrFN3O2/c1-8(10-4-2-3-5-11(10)15)17-13-12(18(19)20)6-9(14)7-16-13/h2-8H,1H3,(H,16,17). The van der Waals surface area contributed by atoms with E-state index in [4.69, 9.17) is 0 Å². The summed E-state index contributed by atoms with van der Waals surface area (Å²) in [6, 6.07) is 7.17. The van der Waals surface area contributed by atoms with Gasteiger partial charge in [0.15, 0.2) is 0 Å². The maximum absolute atomic E-state index is 13.7. The van der Waals surface area contributed by atoms with Gasteiger partial charge in [-0.25, -0.2) is 9.37 Å². The second kappa shape index (κ2) is 5.96. The lowest BCUT2D eigenvalue weighted by Gasteiger charge is -2.15. The van der Waals surface area contributed by atoms with Gasteiger partial charge in [-0.3, -0.25) is 10.1 Å². The van der Waals surface area contributed by atoms with E-state index in [1.54, 1.807) is 25.1 Å². The molecule has 1 N–H and O–H groups in total. The summed E-state index contributed by atoms with van der Waals surface area (Å²) in [5.74, 6) is -0.263. The highest BCUT2D eigenvalue weighted by molar-refractivity contribution is 9.10. The fraction of sp³-hybridized carbons (Fsp3) is 0.154. The van der Waals surface area contributed by atoms with Crippen molar-refractivity contribution >= 4 is 27.4 Å². The number of hydrogen-bond donors (Lipinski definition) is 1. The SMILES string of the molecule is CC(Nc1ncc(Br)cc1[N+](=O)[O-])c1ccccc1F. The van der Waals surface area contributed by atoms with Crippen molar-refractivity contribution in [1.29, 1.82) is 0 Å². The minimum absolute atomic E-state index is 0.106. The minimum atomic E-state index is -0.534. The molecule has 1 aromatic heterocycles. The molecule has 1 unspecified atom stereocenters. The van der Waals surface area contributed by atoms with E-state index < -0.39 is 11.0 Å². The lowest BCUT2D eigenvalue weighted by atomic mass is 10.1. The van der Waals surface area contributed by atoms with Gasteiger partial charge in [-0.15, -0.1) is 0 Å². The summed E-state index contributed by atoms with van der Waals surface area (Å²) >= 11 is 3.13. The maximum atomic E-state index is 13.7. The highest BCUT2D eigenvalue weighted by Crippen LogP contribution is 2.29. The number of rotatable bonds is 4. The van der Waals surface area contributed by atoms with E-state index in [1.165, 1.54) is 18.3 Å². The molecule has 0 aliphatic carbocycles. The number of pyridine rings is 1. The predicted molar refractivity (Wildman–Crippen MR) is 77.0 cm³/mol. The maximum Gasteiger partial charge on any atom is 0.312 e. The van der Waals surface area contributed by atoms with E-state index >= 15 is 0 Å². The number of hydrogen-bond acceptors (Lipinski definition) is 4. The number of aromatic nitrogens is 1. The highest BCUT2D eigenvalue weighted by atomic mass is 79.9. The van der Waals surface area contributed by atoms with Crippen molar-refractivity contribution in [3.8, 4) is 0 Å². The molecule has 0 saturated heterocycles. The Kier molecular flexibility index (Phi) is 4.29. The highest BCUT2D eigenvalue weighted by Gasteiger charge is 2.19. The van der Waals surface area contributed by atoms with Gasteiger partial charge in [0, 0.05) is 22.3 Å². The summed E-state index contributed by atoms with van der Waals surface area (Å²) in [6.45, 7) is 1.71. The molecule has 0 spiro atoms. The van der Waals surface area contributed by atoms with Crippen molar-refractivity contribution in [1.82, 2.24) is 4.98 Å². The van der Waals surface area contributed by atoms with Crippen LogP contribution in [0, 0.1) is 15.9 Å². The zero-order valence-corrected chi connectivity index (χ0v) is 12.1. The van der Waals surface area contributed by atoms with E-state index in [0.717, 1.165) is 0 Å². The van der Waals surface area contributed by atoms with Crippen LogP contribution in [0.3, 0.4) is 0 Å².